The average Bonchev–Trinajstić information content (AvgIpc) is 3.17. The number of carbonyl (C=O) groups excluding carboxylic acids is 1. The number of para-hydroxylation sites is 2. The van der Waals surface area contributed by atoms with Crippen LogP contribution in [0, 0.1) is 17.0 Å². The van der Waals surface area contributed by atoms with Crippen molar-refractivity contribution in [2.75, 3.05) is 17.7 Å². The molecule has 0 radical (unpaired) electrons. The molecule has 0 spiro atoms. The maximum absolute atomic E-state index is 12.4. The molecule has 2 aromatic carbocycles. The minimum absolute atomic E-state index is 0.0271. The molecule has 0 aliphatic heterocycles. The number of ether oxygens (including phenoxy) is 1. The Morgan fingerprint density at radius 3 is 2.86 bits per heavy atom. The van der Waals surface area contributed by atoms with Gasteiger partial charge in [-0.1, -0.05) is 30.0 Å². The molecule has 150 valence electrons. The largest absolute Gasteiger partial charge is 0.492 e. The summed E-state index contributed by atoms with van der Waals surface area (Å²) in [5, 5.41) is 25.7. The molecule has 0 aliphatic rings. The number of thioether (sulfide) groups is 1. The summed E-state index contributed by atoms with van der Waals surface area (Å²) >= 11 is 1.14. The van der Waals surface area contributed by atoms with Crippen molar-refractivity contribution in [1.29, 1.82) is 0 Å². The fraction of sp³-hybridized carbons (Fsp3) is 0.222. The predicted molar refractivity (Wildman–Crippen MR) is 108 cm³/mol. The molecule has 1 aromatic heterocycles. The summed E-state index contributed by atoms with van der Waals surface area (Å²) in [6, 6.07) is 11.6. The highest BCUT2D eigenvalue weighted by atomic mass is 32.2. The second-order valence-electron chi connectivity index (χ2n) is 5.87. The van der Waals surface area contributed by atoms with Crippen LogP contribution in [0.25, 0.3) is 5.69 Å². The number of hydrogen-bond acceptors (Lipinski definition) is 8. The molecular formula is C18H18N6O4S. The summed E-state index contributed by atoms with van der Waals surface area (Å²) in [5.41, 5.74) is 1.70. The van der Waals surface area contributed by atoms with Crippen LogP contribution in [0.1, 0.15) is 12.5 Å². The smallest absolute Gasteiger partial charge is 0.271 e. The highest BCUT2D eigenvalue weighted by molar-refractivity contribution is 7.99. The zero-order valence-electron chi connectivity index (χ0n) is 15.7. The molecule has 10 nitrogen and oxygen atoms in total. The van der Waals surface area contributed by atoms with Gasteiger partial charge in [-0.15, -0.1) is 5.10 Å². The molecule has 0 atom stereocenters. The van der Waals surface area contributed by atoms with Gasteiger partial charge in [0.05, 0.1) is 23.0 Å². The van der Waals surface area contributed by atoms with E-state index in [9.17, 15) is 14.9 Å². The highest BCUT2D eigenvalue weighted by Crippen LogP contribution is 2.26. The maximum Gasteiger partial charge on any atom is 0.271 e. The number of nitrogens with one attached hydrogen (secondary N) is 1. The van der Waals surface area contributed by atoms with E-state index in [2.05, 4.69) is 20.8 Å². The molecule has 3 aromatic rings. The number of anilines is 1. The van der Waals surface area contributed by atoms with E-state index in [4.69, 9.17) is 4.74 Å². The van der Waals surface area contributed by atoms with Gasteiger partial charge in [0.15, 0.2) is 0 Å². The van der Waals surface area contributed by atoms with Gasteiger partial charge < -0.3 is 10.1 Å². The number of amides is 1. The molecule has 0 fully saturated rings. The number of benzene rings is 2. The van der Waals surface area contributed by atoms with Crippen LogP contribution in [-0.2, 0) is 4.79 Å². The first-order valence-corrected chi connectivity index (χ1v) is 9.66. The number of rotatable bonds is 8. The Bertz CT molecular complexity index is 1040. The Morgan fingerprint density at radius 2 is 2.10 bits per heavy atom. The molecule has 0 aliphatic carbocycles. The molecule has 0 bridgehead atoms. The van der Waals surface area contributed by atoms with Crippen LogP contribution in [0.2, 0.25) is 0 Å². The number of aromatic nitrogens is 4. The number of aryl methyl sites for hydroxylation is 1. The Hall–Kier alpha value is -3.47. The van der Waals surface area contributed by atoms with Crippen LogP contribution in [0.5, 0.6) is 5.75 Å². The van der Waals surface area contributed by atoms with Crippen molar-refractivity contribution in [1.82, 2.24) is 20.2 Å². The van der Waals surface area contributed by atoms with Crippen LogP contribution >= 0.6 is 11.8 Å². The van der Waals surface area contributed by atoms with Gasteiger partial charge in [0.2, 0.25) is 11.1 Å². The summed E-state index contributed by atoms with van der Waals surface area (Å²) in [6.45, 7) is 4.14. The average molecular weight is 414 g/mol. The predicted octanol–water partition coefficient (Wildman–Crippen LogP) is 3.01. The SMILES string of the molecule is CCOc1ccccc1-n1nnnc1SCC(=O)Nc1cc([N+](=O)[O-])ccc1C. The summed E-state index contributed by atoms with van der Waals surface area (Å²) in [6.07, 6.45) is 0. The number of carbonyl (C=O) groups is 1. The van der Waals surface area contributed by atoms with E-state index in [1.165, 1.54) is 16.8 Å². The molecule has 11 heteroatoms. The Labute approximate surface area is 170 Å². The third-order valence-electron chi connectivity index (χ3n) is 3.87. The molecule has 3 rings (SSSR count). The van der Waals surface area contributed by atoms with Crippen molar-refractivity contribution in [2.24, 2.45) is 0 Å². The summed E-state index contributed by atoms with van der Waals surface area (Å²) in [7, 11) is 0. The van der Waals surface area contributed by atoms with Crippen molar-refractivity contribution < 1.29 is 14.5 Å². The minimum Gasteiger partial charge on any atom is -0.492 e. The maximum atomic E-state index is 12.4. The standard InChI is InChI=1S/C18H18N6O4S/c1-3-28-16-7-5-4-6-15(16)23-18(20-21-22-23)29-11-17(25)19-14-10-13(24(26)27)9-8-12(14)2/h4-10H,3,11H2,1-2H3,(H,19,25). The van der Waals surface area contributed by atoms with Crippen molar-refractivity contribution >= 4 is 29.0 Å². The number of nitro groups is 1. The molecule has 1 N–H and O–H groups in total. The zero-order valence-corrected chi connectivity index (χ0v) is 16.5. The lowest BCUT2D eigenvalue weighted by atomic mass is 10.2. The molecular weight excluding hydrogens is 396 g/mol. The molecule has 1 amide bonds. The number of hydrogen-bond donors (Lipinski definition) is 1. The fourth-order valence-corrected chi connectivity index (χ4v) is 3.19. The first-order chi connectivity index (χ1) is 14.0. The molecule has 1 heterocycles. The second kappa shape index (κ2) is 9.15. The van der Waals surface area contributed by atoms with Crippen molar-refractivity contribution in [3.63, 3.8) is 0 Å². The van der Waals surface area contributed by atoms with E-state index < -0.39 is 4.92 Å². The minimum atomic E-state index is -0.506. The highest BCUT2D eigenvalue weighted by Gasteiger charge is 2.16. The van der Waals surface area contributed by atoms with Crippen LogP contribution in [0.3, 0.4) is 0 Å². The molecule has 0 saturated carbocycles. The molecule has 0 unspecified atom stereocenters. The Morgan fingerprint density at radius 1 is 1.31 bits per heavy atom. The van der Waals surface area contributed by atoms with Crippen LogP contribution in [-0.4, -0.2) is 43.4 Å². The second-order valence-corrected chi connectivity index (χ2v) is 6.81. The third-order valence-corrected chi connectivity index (χ3v) is 4.79. The van der Waals surface area contributed by atoms with Gasteiger partial charge in [-0.2, -0.15) is 4.68 Å². The van der Waals surface area contributed by atoms with Crippen molar-refractivity contribution in [2.45, 2.75) is 19.0 Å². The van der Waals surface area contributed by atoms with E-state index in [1.54, 1.807) is 13.0 Å². The van der Waals surface area contributed by atoms with Gasteiger partial charge in [-0.3, -0.25) is 14.9 Å². The van der Waals surface area contributed by atoms with Gasteiger partial charge in [0, 0.05) is 12.1 Å². The lowest BCUT2D eigenvalue weighted by molar-refractivity contribution is -0.384. The normalized spacial score (nSPS) is 10.6. The number of nitrogens with zero attached hydrogens (tertiary/aromatic N) is 5. The number of nitro benzene ring substituents is 1. The van der Waals surface area contributed by atoms with Crippen LogP contribution < -0.4 is 10.1 Å². The van der Waals surface area contributed by atoms with E-state index >= 15 is 0 Å². The zero-order chi connectivity index (χ0) is 20.8. The van der Waals surface area contributed by atoms with Gasteiger partial charge in [0.25, 0.3) is 5.69 Å². The Balaban J connectivity index is 1.71. The van der Waals surface area contributed by atoms with Crippen molar-refractivity contribution in [3.05, 3.63) is 58.1 Å². The first-order valence-electron chi connectivity index (χ1n) is 8.68. The molecule has 29 heavy (non-hydrogen) atoms. The van der Waals surface area contributed by atoms with Gasteiger partial charge in [-0.25, -0.2) is 0 Å². The van der Waals surface area contributed by atoms with Gasteiger partial charge in [0.1, 0.15) is 11.4 Å². The number of tetrazole rings is 1. The van der Waals surface area contributed by atoms with Crippen molar-refractivity contribution in [3.8, 4) is 11.4 Å². The lowest BCUT2D eigenvalue weighted by Crippen LogP contribution is -2.15. The van der Waals surface area contributed by atoms with E-state index in [1.807, 2.05) is 31.2 Å². The summed E-state index contributed by atoms with van der Waals surface area (Å²) in [4.78, 5) is 22.8. The van der Waals surface area contributed by atoms with Gasteiger partial charge in [-0.05, 0) is 42.0 Å². The van der Waals surface area contributed by atoms with E-state index in [0.717, 1.165) is 17.3 Å². The summed E-state index contributed by atoms with van der Waals surface area (Å²) < 4.78 is 7.11. The quantitative estimate of drug-likeness (QED) is 0.339. The third kappa shape index (κ3) is 4.88. The van der Waals surface area contributed by atoms with Crippen LogP contribution in [0.15, 0.2) is 47.6 Å². The van der Waals surface area contributed by atoms with E-state index in [0.29, 0.717) is 28.9 Å². The fourth-order valence-electron chi connectivity index (χ4n) is 2.50. The Kier molecular flexibility index (Phi) is 6.39. The summed E-state index contributed by atoms with van der Waals surface area (Å²) in [5.74, 6) is 0.325. The van der Waals surface area contributed by atoms with E-state index in [-0.39, 0.29) is 17.3 Å². The first kappa shape index (κ1) is 20.3. The van der Waals surface area contributed by atoms with Crippen LogP contribution in [0.4, 0.5) is 11.4 Å². The number of non-ortho nitro benzene ring substituents is 1. The topological polar surface area (TPSA) is 125 Å². The molecule has 0 saturated heterocycles. The van der Waals surface area contributed by atoms with Gasteiger partial charge >= 0.3 is 0 Å². The lowest BCUT2D eigenvalue weighted by Gasteiger charge is -2.11. The monoisotopic (exact) mass is 414 g/mol.